The van der Waals surface area contributed by atoms with Gasteiger partial charge < -0.3 is 0 Å². The smallest absolute Gasteiger partial charge is 0.140 e. The third-order valence-electron chi connectivity index (χ3n) is 2.06. The molecule has 70 valence electrons. The van der Waals surface area contributed by atoms with E-state index in [1.54, 1.807) is 0 Å². The molecule has 0 bridgehead atoms. The summed E-state index contributed by atoms with van der Waals surface area (Å²) in [6, 6.07) is 0. The van der Waals surface area contributed by atoms with E-state index >= 15 is 0 Å². The van der Waals surface area contributed by atoms with Crippen LogP contribution in [0.4, 0.5) is 0 Å². The second kappa shape index (κ2) is 5.92. The second-order valence-corrected chi connectivity index (χ2v) is 3.47. The minimum Gasteiger partial charge on any atom is -0.300 e. The molecule has 0 spiro atoms. The van der Waals surface area contributed by atoms with Crippen molar-refractivity contribution < 1.29 is 9.59 Å². The molecule has 12 heavy (non-hydrogen) atoms. The van der Waals surface area contributed by atoms with E-state index in [2.05, 4.69) is 13.8 Å². The van der Waals surface area contributed by atoms with Crippen molar-refractivity contribution >= 4 is 11.6 Å². The Morgan fingerprint density at radius 3 is 2.33 bits per heavy atom. The number of hydrogen-bond acceptors (Lipinski definition) is 2. The van der Waals surface area contributed by atoms with Crippen molar-refractivity contribution in [2.45, 2.75) is 46.5 Å². The fourth-order valence-corrected chi connectivity index (χ4v) is 0.978. The van der Waals surface area contributed by atoms with E-state index in [0.29, 0.717) is 12.3 Å². The summed E-state index contributed by atoms with van der Waals surface area (Å²) in [6.45, 7) is 5.70. The van der Waals surface area contributed by atoms with Crippen molar-refractivity contribution in [1.29, 1.82) is 0 Å². The third-order valence-corrected chi connectivity index (χ3v) is 2.06. The largest absolute Gasteiger partial charge is 0.300 e. The maximum Gasteiger partial charge on any atom is 0.140 e. The van der Waals surface area contributed by atoms with Crippen molar-refractivity contribution in [1.82, 2.24) is 0 Å². The first kappa shape index (κ1) is 11.3. The van der Waals surface area contributed by atoms with Crippen LogP contribution in [-0.2, 0) is 9.59 Å². The number of Topliss-reactive ketones (excluding diaryl/α,β-unsaturated/α-hetero) is 2. The Bertz CT molecular complexity index is 161. The number of hydrogen-bond donors (Lipinski definition) is 0. The van der Waals surface area contributed by atoms with Gasteiger partial charge in [0, 0.05) is 6.42 Å². The molecule has 0 N–H and O–H groups in total. The number of ketones is 2. The molecule has 0 radical (unpaired) electrons. The first-order valence-corrected chi connectivity index (χ1v) is 4.57. The van der Waals surface area contributed by atoms with Gasteiger partial charge in [-0.1, -0.05) is 20.3 Å². The zero-order valence-electron chi connectivity index (χ0n) is 8.22. The van der Waals surface area contributed by atoms with Crippen LogP contribution in [0.5, 0.6) is 0 Å². The lowest BCUT2D eigenvalue weighted by Gasteiger charge is -2.05. The molecular weight excluding hydrogens is 152 g/mol. The summed E-state index contributed by atoms with van der Waals surface area (Å²) < 4.78 is 0. The Morgan fingerprint density at radius 1 is 1.33 bits per heavy atom. The lowest BCUT2D eigenvalue weighted by molar-refractivity contribution is -0.126. The van der Waals surface area contributed by atoms with Gasteiger partial charge in [-0.3, -0.25) is 9.59 Å². The first-order chi connectivity index (χ1) is 5.56. The molecule has 0 fully saturated rings. The molecule has 0 saturated heterocycles. The predicted octanol–water partition coefficient (Wildman–Crippen LogP) is 2.36. The molecule has 0 aliphatic carbocycles. The summed E-state index contributed by atoms with van der Waals surface area (Å²) in [4.78, 5) is 21.6. The summed E-state index contributed by atoms with van der Waals surface area (Å²) in [5.41, 5.74) is 0. The van der Waals surface area contributed by atoms with Crippen LogP contribution in [0.1, 0.15) is 46.5 Å². The molecule has 2 heteroatoms. The molecule has 0 aliphatic rings. The number of carbonyl (C=O) groups is 2. The van der Waals surface area contributed by atoms with Crippen molar-refractivity contribution in [3.63, 3.8) is 0 Å². The molecule has 0 aromatic carbocycles. The Labute approximate surface area is 74.3 Å². The molecule has 0 aliphatic heterocycles. The van der Waals surface area contributed by atoms with Crippen molar-refractivity contribution in [3.8, 4) is 0 Å². The molecule has 0 aromatic rings. The van der Waals surface area contributed by atoms with Gasteiger partial charge in [-0.15, -0.1) is 0 Å². The van der Waals surface area contributed by atoms with Crippen LogP contribution >= 0.6 is 0 Å². The highest BCUT2D eigenvalue weighted by Gasteiger charge is 2.07. The first-order valence-electron chi connectivity index (χ1n) is 4.57. The van der Waals surface area contributed by atoms with Gasteiger partial charge in [0.25, 0.3) is 0 Å². The van der Waals surface area contributed by atoms with Crippen LogP contribution in [0, 0.1) is 5.92 Å². The van der Waals surface area contributed by atoms with Crippen LogP contribution in [0.25, 0.3) is 0 Å². The summed E-state index contributed by atoms with van der Waals surface area (Å²) in [5.74, 6) is 0.660. The van der Waals surface area contributed by atoms with Gasteiger partial charge in [-0.2, -0.15) is 0 Å². The molecule has 0 saturated carbocycles. The van der Waals surface area contributed by atoms with Gasteiger partial charge >= 0.3 is 0 Å². The molecular formula is C10H18O2. The third kappa shape index (κ3) is 6.08. The van der Waals surface area contributed by atoms with Crippen LogP contribution < -0.4 is 0 Å². The average Bonchev–Trinajstić information content (AvgIpc) is 1.99. The van der Waals surface area contributed by atoms with Gasteiger partial charge in [0.2, 0.25) is 0 Å². The summed E-state index contributed by atoms with van der Waals surface area (Å²) in [7, 11) is 0. The highest BCUT2D eigenvalue weighted by molar-refractivity contribution is 5.97. The van der Waals surface area contributed by atoms with E-state index in [-0.39, 0.29) is 18.0 Å². The van der Waals surface area contributed by atoms with Gasteiger partial charge in [-0.25, -0.2) is 0 Å². The van der Waals surface area contributed by atoms with E-state index < -0.39 is 0 Å². The van der Waals surface area contributed by atoms with Crippen LogP contribution in [0.3, 0.4) is 0 Å². The van der Waals surface area contributed by atoms with E-state index in [1.165, 1.54) is 6.92 Å². The Balaban J connectivity index is 3.50. The molecule has 0 heterocycles. The van der Waals surface area contributed by atoms with Crippen LogP contribution in [0.2, 0.25) is 0 Å². The van der Waals surface area contributed by atoms with Crippen molar-refractivity contribution in [3.05, 3.63) is 0 Å². The topological polar surface area (TPSA) is 34.1 Å². The highest BCUT2D eigenvalue weighted by Crippen LogP contribution is 2.10. The SMILES string of the molecule is CC[C@@H](C)CCC(=O)CC(C)=O. The maximum atomic E-state index is 11.1. The van der Waals surface area contributed by atoms with Gasteiger partial charge in [0.15, 0.2) is 0 Å². The second-order valence-electron chi connectivity index (χ2n) is 3.47. The Hall–Kier alpha value is -0.660. The number of carbonyl (C=O) groups excluding carboxylic acids is 2. The maximum absolute atomic E-state index is 11.1. The standard InChI is InChI=1S/C10H18O2/c1-4-8(2)5-6-10(12)7-9(3)11/h8H,4-7H2,1-3H3/t8-/m1/s1. The molecule has 1 atom stereocenters. The zero-order chi connectivity index (χ0) is 9.56. The van der Waals surface area contributed by atoms with Gasteiger partial charge in [0.1, 0.15) is 11.6 Å². The molecule has 0 aromatic heterocycles. The van der Waals surface area contributed by atoms with E-state index in [4.69, 9.17) is 0 Å². The van der Waals surface area contributed by atoms with Crippen molar-refractivity contribution in [2.75, 3.05) is 0 Å². The lowest BCUT2D eigenvalue weighted by atomic mass is 10.00. The van der Waals surface area contributed by atoms with Crippen molar-refractivity contribution in [2.24, 2.45) is 5.92 Å². The van der Waals surface area contributed by atoms with E-state index in [0.717, 1.165) is 12.8 Å². The molecule has 0 rings (SSSR count). The predicted molar refractivity (Wildman–Crippen MR) is 49.0 cm³/mol. The molecule has 2 nitrogen and oxygen atoms in total. The van der Waals surface area contributed by atoms with E-state index in [1.807, 2.05) is 0 Å². The fraction of sp³-hybridized carbons (Fsp3) is 0.800. The lowest BCUT2D eigenvalue weighted by Crippen LogP contribution is -2.06. The van der Waals surface area contributed by atoms with Gasteiger partial charge in [0.05, 0.1) is 6.42 Å². The molecule has 0 amide bonds. The minimum atomic E-state index is -0.0239. The van der Waals surface area contributed by atoms with E-state index in [9.17, 15) is 9.59 Å². The van der Waals surface area contributed by atoms with Gasteiger partial charge in [-0.05, 0) is 19.3 Å². The quantitative estimate of drug-likeness (QED) is 0.573. The summed E-state index contributed by atoms with van der Waals surface area (Å²) in [6.07, 6.45) is 2.71. The highest BCUT2D eigenvalue weighted by atomic mass is 16.1. The Morgan fingerprint density at radius 2 is 1.92 bits per heavy atom. The zero-order valence-corrected chi connectivity index (χ0v) is 8.22. The average molecular weight is 170 g/mol. The Kier molecular flexibility index (Phi) is 5.60. The normalized spacial score (nSPS) is 12.6. The van der Waals surface area contributed by atoms with Crippen LogP contribution in [-0.4, -0.2) is 11.6 Å². The monoisotopic (exact) mass is 170 g/mol. The molecule has 0 unspecified atom stereocenters. The minimum absolute atomic E-state index is 0.0239. The van der Waals surface area contributed by atoms with Crippen LogP contribution in [0.15, 0.2) is 0 Å². The fourth-order valence-electron chi connectivity index (χ4n) is 0.978. The summed E-state index contributed by atoms with van der Waals surface area (Å²) >= 11 is 0. The number of rotatable bonds is 6. The summed E-state index contributed by atoms with van der Waals surface area (Å²) in [5, 5.41) is 0.